The molecule has 1 aromatic heterocycles. The highest BCUT2D eigenvalue weighted by Gasteiger charge is 2.11. The van der Waals surface area contributed by atoms with Gasteiger partial charge < -0.3 is 10.4 Å². The molecule has 0 unspecified atom stereocenters. The van der Waals surface area contributed by atoms with Gasteiger partial charge in [0.15, 0.2) is 0 Å². The van der Waals surface area contributed by atoms with Crippen LogP contribution in [0.2, 0.25) is 0 Å². The maximum Gasteiger partial charge on any atom is 0.305 e. The number of benzene rings is 1. The van der Waals surface area contributed by atoms with Crippen molar-refractivity contribution in [3.63, 3.8) is 0 Å². The van der Waals surface area contributed by atoms with Crippen molar-refractivity contribution < 1.29 is 14.7 Å². The fourth-order valence-corrected chi connectivity index (χ4v) is 2.47. The van der Waals surface area contributed by atoms with Crippen LogP contribution in [0.1, 0.15) is 16.8 Å². The first-order chi connectivity index (χ1) is 8.18. The highest BCUT2D eigenvalue weighted by atomic mass is 32.1. The molecule has 0 bridgehead atoms. The zero-order chi connectivity index (χ0) is 12.3. The minimum absolute atomic E-state index is 0.0617. The third-order valence-electron chi connectivity index (χ3n) is 2.35. The number of carboxylic acid groups (broad SMARTS) is 1. The monoisotopic (exact) mass is 249 g/mol. The molecular weight excluding hydrogens is 238 g/mol. The minimum atomic E-state index is -0.916. The van der Waals surface area contributed by atoms with Gasteiger partial charge in [-0.3, -0.25) is 9.59 Å². The maximum atomic E-state index is 11.8. The maximum absolute atomic E-state index is 11.8. The van der Waals surface area contributed by atoms with Crippen LogP contribution in [-0.2, 0) is 4.79 Å². The molecule has 2 N–H and O–H groups in total. The Labute approximate surface area is 102 Å². The SMILES string of the molecule is O=C(O)CCNC(=O)c1csc2ccccc12. The molecule has 0 spiro atoms. The first-order valence-electron chi connectivity index (χ1n) is 5.14. The Hall–Kier alpha value is -1.88. The van der Waals surface area contributed by atoms with E-state index in [9.17, 15) is 9.59 Å². The van der Waals surface area contributed by atoms with Crippen LogP contribution in [0, 0.1) is 0 Å². The molecule has 0 saturated heterocycles. The van der Waals surface area contributed by atoms with Gasteiger partial charge in [0.25, 0.3) is 5.91 Å². The van der Waals surface area contributed by atoms with Crippen molar-refractivity contribution in [2.24, 2.45) is 0 Å². The number of thiophene rings is 1. The van der Waals surface area contributed by atoms with Crippen LogP contribution in [0.4, 0.5) is 0 Å². The predicted octanol–water partition coefficient (Wildman–Crippen LogP) is 2.11. The van der Waals surface area contributed by atoms with E-state index in [-0.39, 0.29) is 18.9 Å². The van der Waals surface area contributed by atoms with Gasteiger partial charge in [0.05, 0.1) is 12.0 Å². The van der Waals surface area contributed by atoms with Crippen molar-refractivity contribution in [1.29, 1.82) is 0 Å². The summed E-state index contributed by atoms with van der Waals surface area (Å²) in [5.41, 5.74) is 0.607. The van der Waals surface area contributed by atoms with Crippen molar-refractivity contribution in [2.75, 3.05) is 6.54 Å². The Bertz CT molecular complexity index is 562. The number of fused-ring (bicyclic) bond motifs is 1. The van der Waals surface area contributed by atoms with E-state index in [2.05, 4.69) is 5.32 Å². The lowest BCUT2D eigenvalue weighted by Crippen LogP contribution is -2.25. The van der Waals surface area contributed by atoms with E-state index in [0.29, 0.717) is 5.56 Å². The van der Waals surface area contributed by atoms with E-state index in [1.165, 1.54) is 11.3 Å². The Kier molecular flexibility index (Phi) is 3.39. The van der Waals surface area contributed by atoms with Gasteiger partial charge in [0.2, 0.25) is 0 Å². The summed E-state index contributed by atoms with van der Waals surface area (Å²) in [4.78, 5) is 22.1. The molecule has 88 valence electrons. The van der Waals surface area contributed by atoms with E-state index >= 15 is 0 Å². The lowest BCUT2D eigenvalue weighted by Gasteiger charge is -2.01. The van der Waals surface area contributed by atoms with Gasteiger partial charge in [-0.2, -0.15) is 0 Å². The first-order valence-corrected chi connectivity index (χ1v) is 6.02. The smallest absolute Gasteiger partial charge is 0.305 e. The van der Waals surface area contributed by atoms with E-state index in [4.69, 9.17) is 5.11 Å². The number of carbonyl (C=O) groups excluding carboxylic acids is 1. The molecule has 1 amide bonds. The van der Waals surface area contributed by atoms with E-state index in [1.54, 1.807) is 5.38 Å². The normalized spacial score (nSPS) is 10.4. The molecule has 4 nitrogen and oxygen atoms in total. The molecule has 0 aliphatic heterocycles. The number of carbonyl (C=O) groups is 2. The molecule has 0 radical (unpaired) electrons. The van der Waals surface area contributed by atoms with Gasteiger partial charge in [0, 0.05) is 22.0 Å². The summed E-state index contributed by atoms with van der Waals surface area (Å²) < 4.78 is 1.05. The number of hydrogen-bond acceptors (Lipinski definition) is 3. The molecule has 0 aliphatic carbocycles. The largest absolute Gasteiger partial charge is 0.481 e. The fourth-order valence-electron chi connectivity index (χ4n) is 1.53. The van der Waals surface area contributed by atoms with Crippen LogP contribution >= 0.6 is 11.3 Å². The number of hydrogen-bond donors (Lipinski definition) is 2. The lowest BCUT2D eigenvalue weighted by atomic mass is 10.1. The Morgan fingerprint density at radius 1 is 1.29 bits per heavy atom. The summed E-state index contributed by atoms with van der Waals surface area (Å²) in [6.45, 7) is 0.151. The summed E-state index contributed by atoms with van der Waals surface area (Å²) in [5.74, 6) is -1.14. The van der Waals surface area contributed by atoms with Crippen molar-refractivity contribution in [1.82, 2.24) is 5.32 Å². The number of carboxylic acids is 1. The average molecular weight is 249 g/mol. The molecule has 0 saturated carbocycles. The molecule has 0 fully saturated rings. The van der Waals surface area contributed by atoms with Crippen LogP contribution < -0.4 is 5.32 Å². The van der Waals surface area contributed by atoms with Crippen LogP contribution in [0.25, 0.3) is 10.1 Å². The summed E-state index contributed by atoms with van der Waals surface area (Å²) in [7, 11) is 0. The summed E-state index contributed by atoms with van der Waals surface area (Å²) in [6, 6.07) is 7.64. The van der Waals surface area contributed by atoms with Gasteiger partial charge in [-0.15, -0.1) is 11.3 Å². The molecule has 17 heavy (non-hydrogen) atoms. The van der Waals surface area contributed by atoms with Gasteiger partial charge in [-0.25, -0.2) is 0 Å². The molecule has 0 atom stereocenters. The summed E-state index contributed by atoms with van der Waals surface area (Å²) >= 11 is 1.50. The molecule has 5 heteroatoms. The van der Waals surface area contributed by atoms with E-state index in [0.717, 1.165) is 10.1 Å². The summed E-state index contributed by atoms with van der Waals surface area (Å²) in [6.07, 6.45) is -0.0617. The highest BCUT2D eigenvalue weighted by molar-refractivity contribution is 7.17. The third-order valence-corrected chi connectivity index (χ3v) is 3.31. The topological polar surface area (TPSA) is 66.4 Å². The molecule has 2 rings (SSSR count). The van der Waals surface area contributed by atoms with Crippen molar-refractivity contribution in [2.45, 2.75) is 6.42 Å². The Morgan fingerprint density at radius 2 is 2.06 bits per heavy atom. The standard InChI is InChI=1S/C12H11NO3S/c14-11(15)5-6-13-12(16)9-7-17-10-4-2-1-3-8(9)10/h1-4,7H,5-6H2,(H,13,16)(H,14,15). The van der Waals surface area contributed by atoms with Crippen LogP contribution in [0.5, 0.6) is 0 Å². The van der Waals surface area contributed by atoms with Crippen molar-refractivity contribution in [3.8, 4) is 0 Å². The van der Waals surface area contributed by atoms with Gasteiger partial charge in [0.1, 0.15) is 0 Å². The second kappa shape index (κ2) is 4.97. The van der Waals surface area contributed by atoms with Crippen LogP contribution in [0.3, 0.4) is 0 Å². The Morgan fingerprint density at radius 3 is 2.82 bits per heavy atom. The molecule has 1 heterocycles. The van der Waals surface area contributed by atoms with Crippen LogP contribution in [-0.4, -0.2) is 23.5 Å². The second-order valence-corrected chi connectivity index (χ2v) is 4.46. The molecule has 1 aromatic carbocycles. The van der Waals surface area contributed by atoms with E-state index < -0.39 is 5.97 Å². The number of rotatable bonds is 4. The van der Waals surface area contributed by atoms with Gasteiger partial charge in [-0.1, -0.05) is 18.2 Å². The zero-order valence-corrected chi connectivity index (χ0v) is 9.79. The van der Waals surface area contributed by atoms with Gasteiger partial charge >= 0.3 is 5.97 Å². The summed E-state index contributed by atoms with van der Waals surface area (Å²) in [5, 5.41) is 13.8. The zero-order valence-electron chi connectivity index (χ0n) is 8.97. The Balaban J connectivity index is 2.11. The molecular formula is C12H11NO3S. The highest BCUT2D eigenvalue weighted by Crippen LogP contribution is 2.25. The second-order valence-electron chi connectivity index (χ2n) is 3.55. The molecule has 0 aliphatic rings. The number of amides is 1. The first kappa shape index (κ1) is 11.6. The number of nitrogens with one attached hydrogen (secondary N) is 1. The fraction of sp³-hybridized carbons (Fsp3) is 0.167. The minimum Gasteiger partial charge on any atom is -0.481 e. The molecule has 2 aromatic rings. The van der Waals surface area contributed by atoms with Crippen LogP contribution in [0.15, 0.2) is 29.6 Å². The lowest BCUT2D eigenvalue weighted by molar-refractivity contribution is -0.136. The van der Waals surface area contributed by atoms with Crippen molar-refractivity contribution in [3.05, 3.63) is 35.2 Å². The quantitative estimate of drug-likeness (QED) is 0.872. The van der Waals surface area contributed by atoms with Gasteiger partial charge in [-0.05, 0) is 6.07 Å². The third kappa shape index (κ3) is 2.62. The number of aliphatic carboxylic acids is 1. The van der Waals surface area contributed by atoms with E-state index in [1.807, 2.05) is 24.3 Å². The predicted molar refractivity (Wildman–Crippen MR) is 66.4 cm³/mol. The van der Waals surface area contributed by atoms with Crippen molar-refractivity contribution >= 4 is 33.3 Å². The average Bonchev–Trinajstić information content (AvgIpc) is 2.72.